The van der Waals surface area contributed by atoms with E-state index in [2.05, 4.69) is 17.3 Å². The number of aryl methyl sites for hydroxylation is 2. The van der Waals surface area contributed by atoms with Gasteiger partial charge in [0.2, 0.25) is 0 Å². The van der Waals surface area contributed by atoms with Gasteiger partial charge in [-0.25, -0.2) is 0 Å². The number of nitrogens with zero attached hydrogens (tertiary/aromatic N) is 3. The number of anilines is 1. The first-order chi connectivity index (χ1) is 20.7. The van der Waals surface area contributed by atoms with E-state index in [0.717, 1.165) is 65.2 Å². The molecule has 1 amide bonds. The van der Waals surface area contributed by atoms with E-state index < -0.39 is 6.10 Å². The number of carbonyl (C=O) groups excluding carboxylic acids is 1. The minimum absolute atomic E-state index is 0.0165. The predicted molar refractivity (Wildman–Crippen MR) is 167 cm³/mol. The number of aliphatic hydroxyl groups is 1. The van der Waals surface area contributed by atoms with Crippen LogP contribution in [0.25, 0.3) is 0 Å². The maximum Gasteiger partial charge on any atom is 0.254 e. The Hall–Kier alpha value is -4.08. The van der Waals surface area contributed by atoms with Crippen molar-refractivity contribution in [1.29, 1.82) is 0 Å². The number of hydrogen-bond donors (Lipinski definition) is 3. The molecule has 0 aromatic heterocycles. The fourth-order valence-electron chi connectivity index (χ4n) is 6.38. The molecular formula is C34H40N4O5. The zero-order valence-corrected chi connectivity index (χ0v) is 25.3. The molecule has 0 spiro atoms. The van der Waals surface area contributed by atoms with Gasteiger partial charge in [0.1, 0.15) is 18.5 Å². The van der Waals surface area contributed by atoms with Crippen LogP contribution in [-0.4, -0.2) is 84.2 Å². The van der Waals surface area contributed by atoms with E-state index in [-0.39, 0.29) is 30.9 Å². The van der Waals surface area contributed by atoms with Gasteiger partial charge in [0.15, 0.2) is 11.5 Å². The number of methoxy groups -OCH3 is 1. The number of amides is 1. The lowest BCUT2D eigenvalue weighted by molar-refractivity contribution is 0.0617. The Bertz CT molecular complexity index is 1580. The minimum Gasteiger partial charge on any atom is -0.504 e. The van der Waals surface area contributed by atoms with Gasteiger partial charge in [0.05, 0.1) is 24.1 Å². The Morgan fingerprint density at radius 2 is 1.84 bits per heavy atom. The third-order valence-corrected chi connectivity index (χ3v) is 8.82. The first-order valence-electron chi connectivity index (χ1n) is 15.0. The third-order valence-electron chi connectivity index (χ3n) is 8.82. The molecule has 3 aromatic carbocycles. The number of carbonyl (C=O) groups is 1. The first kappa shape index (κ1) is 29.0. The molecule has 0 aliphatic carbocycles. The van der Waals surface area contributed by atoms with Gasteiger partial charge < -0.3 is 34.8 Å². The van der Waals surface area contributed by atoms with E-state index in [0.29, 0.717) is 35.7 Å². The average Bonchev–Trinajstić information content (AvgIpc) is 3.54. The van der Waals surface area contributed by atoms with E-state index in [1.165, 1.54) is 7.11 Å². The highest BCUT2D eigenvalue weighted by Gasteiger charge is 2.36. The standard InChI is InChI=1S/C34H40N4O5/c1-20-5-7-30(21(2)13-20)43-19-25(39)17-35-27-6-8-31(42-4)33(40)32(27)29-15-22-14-26-23(16-28(22)36-29)18-38(34(26)41)24-9-11-37(3)12-10-24/h5-8,13-14,16,24-25,35,39-40H,9-12,15,17-19H2,1-4H3/t25-/m1/s1. The summed E-state index contributed by atoms with van der Waals surface area (Å²) in [6.45, 7) is 6.96. The van der Waals surface area contributed by atoms with Crippen molar-refractivity contribution in [1.82, 2.24) is 9.80 Å². The van der Waals surface area contributed by atoms with Gasteiger partial charge >= 0.3 is 0 Å². The van der Waals surface area contributed by atoms with Gasteiger partial charge in [-0.1, -0.05) is 17.7 Å². The average molecular weight is 585 g/mol. The van der Waals surface area contributed by atoms with Crippen molar-refractivity contribution in [3.63, 3.8) is 0 Å². The van der Waals surface area contributed by atoms with Crippen LogP contribution >= 0.6 is 0 Å². The van der Waals surface area contributed by atoms with Crippen molar-refractivity contribution in [3.05, 3.63) is 75.8 Å². The summed E-state index contributed by atoms with van der Waals surface area (Å²) >= 11 is 0. The lowest BCUT2D eigenvalue weighted by Crippen LogP contribution is -2.43. The Kier molecular flexibility index (Phi) is 8.03. The molecule has 226 valence electrons. The van der Waals surface area contributed by atoms with Crippen molar-refractivity contribution in [3.8, 4) is 17.2 Å². The first-order valence-corrected chi connectivity index (χ1v) is 15.0. The number of likely N-dealkylation sites (tertiary alicyclic amines) is 1. The molecule has 3 aliphatic heterocycles. The number of phenols is 1. The zero-order chi connectivity index (χ0) is 30.2. The van der Waals surface area contributed by atoms with Crippen molar-refractivity contribution >= 4 is 23.0 Å². The van der Waals surface area contributed by atoms with Gasteiger partial charge in [-0.2, -0.15) is 0 Å². The maximum absolute atomic E-state index is 13.4. The molecule has 3 N–H and O–H groups in total. The van der Waals surface area contributed by atoms with Gasteiger partial charge in [-0.15, -0.1) is 0 Å². The second-order valence-corrected chi connectivity index (χ2v) is 12.0. The van der Waals surface area contributed by atoms with Crippen LogP contribution in [0.4, 0.5) is 11.4 Å². The number of benzene rings is 3. The van der Waals surface area contributed by atoms with Gasteiger partial charge in [0.25, 0.3) is 5.91 Å². The van der Waals surface area contributed by atoms with E-state index in [1.54, 1.807) is 6.07 Å². The fourth-order valence-corrected chi connectivity index (χ4v) is 6.38. The van der Waals surface area contributed by atoms with Crippen molar-refractivity contribution in [2.45, 2.75) is 51.8 Å². The molecule has 9 nitrogen and oxygen atoms in total. The highest BCUT2D eigenvalue weighted by molar-refractivity contribution is 6.13. The Morgan fingerprint density at radius 1 is 1.07 bits per heavy atom. The van der Waals surface area contributed by atoms with Crippen LogP contribution in [0.5, 0.6) is 17.2 Å². The van der Waals surface area contributed by atoms with Crippen LogP contribution in [0.2, 0.25) is 0 Å². The summed E-state index contributed by atoms with van der Waals surface area (Å²) in [5.74, 6) is 1.16. The molecule has 3 aliphatic rings. The summed E-state index contributed by atoms with van der Waals surface area (Å²) < 4.78 is 11.3. The van der Waals surface area contributed by atoms with Gasteiger partial charge in [0, 0.05) is 36.8 Å². The molecule has 0 radical (unpaired) electrons. The summed E-state index contributed by atoms with van der Waals surface area (Å²) in [7, 11) is 3.64. The van der Waals surface area contributed by atoms with Crippen LogP contribution in [-0.2, 0) is 13.0 Å². The van der Waals surface area contributed by atoms with E-state index in [1.807, 2.05) is 55.1 Å². The molecule has 1 saturated heterocycles. The number of ether oxygens (including phenoxy) is 2. The molecule has 0 saturated carbocycles. The van der Waals surface area contributed by atoms with Crippen LogP contribution in [0.1, 0.15) is 51.0 Å². The van der Waals surface area contributed by atoms with E-state index in [9.17, 15) is 15.0 Å². The number of nitrogens with one attached hydrogen (secondary N) is 1. The predicted octanol–water partition coefficient (Wildman–Crippen LogP) is 4.60. The topological polar surface area (TPSA) is 107 Å². The maximum atomic E-state index is 13.4. The van der Waals surface area contributed by atoms with Crippen LogP contribution in [0, 0.1) is 13.8 Å². The second-order valence-electron chi connectivity index (χ2n) is 12.0. The van der Waals surface area contributed by atoms with Crippen molar-refractivity contribution in [2.24, 2.45) is 4.99 Å². The van der Waals surface area contributed by atoms with Crippen molar-refractivity contribution < 1.29 is 24.5 Å². The molecule has 3 aromatic rings. The summed E-state index contributed by atoms with van der Waals surface area (Å²) in [6.07, 6.45) is 1.67. The minimum atomic E-state index is -0.790. The number of rotatable bonds is 9. The summed E-state index contributed by atoms with van der Waals surface area (Å²) in [6, 6.07) is 13.7. The normalized spacial score (nSPS) is 17.5. The Balaban J connectivity index is 1.18. The van der Waals surface area contributed by atoms with Crippen LogP contribution in [0.3, 0.4) is 0 Å². The summed E-state index contributed by atoms with van der Waals surface area (Å²) in [5.41, 5.74) is 7.56. The number of fused-ring (bicyclic) bond motifs is 2. The monoisotopic (exact) mass is 584 g/mol. The van der Waals surface area contributed by atoms with Gasteiger partial charge in [-0.3, -0.25) is 9.79 Å². The Labute approximate surface area is 252 Å². The number of hydrogen-bond acceptors (Lipinski definition) is 8. The molecule has 0 unspecified atom stereocenters. The molecule has 43 heavy (non-hydrogen) atoms. The molecular weight excluding hydrogens is 544 g/mol. The highest BCUT2D eigenvalue weighted by atomic mass is 16.5. The second kappa shape index (κ2) is 11.9. The fraction of sp³-hybridized carbons (Fsp3) is 0.412. The van der Waals surface area contributed by atoms with Crippen LogP contribution in [0.15, 0.2) is 47.5 Å². The zero-order valence-electron chi connectivity index (χ0n) is 25.3. The largest absolute Gasteiger partial charge is 0.504 e. The molecule has 1 atom stereocenters. The molecule has 0 bridgehead atoms. The quantitative estimate of drug-likeness (QED) is 0.338. The molecule has 9 heteroatoms. The summed E-state index contributed by atoms with van der Waals surface area (Å²) in [4.78, 5) is 22.7. The number of piperidine rings is 1. The molecule has 3 heterocycles. The number of aromatic hydroxyl groups is 1. The molecule has 1 fully saturated rings. The van der Waals surface area contributed by atoms with E-state index in [4.69, 9.17) is 14.5 Å². The van der Waals surface area contributed by atoms with Gasteiger partial charge in [-0.05, 0) is 93.8 Å². The Morgan fingerprint density at radius 3 is 2.58 bits per heavy atom. The summed E-state index contributed by atoms with van der Waals surface area (Å²) in [5, 5.41) is 25.2. The molecule has 6 rings (SSSR count). The highest BCUT2D eigenvalue weighted by Crippen LogP contribution is 2.42. The van der Waals surface area contributed by atoms with Crippen molar-refractivity contribution in [2.75, 3.05) is 45.7 Å². The lowest BCUT2D eigenvalue weighted by Gasteiger charge is -2.34. The smallest absolute Gasteiger partial charge is 0.254 e. The SMILES string of the molecule is COc1ccc(NC[C@@H](O)COc2ccc(C)cc2C)c(C2=Nc3cc4c(cc3C2)C(=O)N(C2CCN(C)CC2)C4)c1O. The number of phenolic OH excluding ortho intramolecular Hbond substituents is 1. The van der Waals surface area contributed by atoms with E-state index >= 15 is 0 Å². The third kappa shape index (κ3) is 5.79. The number of aliphatic hydroxyl groups excluding tert-OH is 1. The lowest BCUT2D eigenvalue weighted by atomic mass is 9.98. The number of aliphatic imine (C=N–C) groups is 1. The van der Waals surface area contributed by atoms with Crippen LogP contribution < -0.4 is 14.8 Å².